The van der Waals surface area contributed by atoms with Crippen LogP contribution in [-0.2, 0) is 4.79 Å². The highest BCUT2D eigenvalue weighted by atomic mass is 35.5. The van der Waals surface area contributed by atoms with Crippen molar-refractivity contribution in [3.8, 4) is 0 Å². The first kappa shape index (κ1) is 15.3. The zero-order valence-corrected chi connectivity index (χ0v) is 12.5. The molecule has 1 amide bonds. The molecule has 20 heavy (non-hydrogen) atoms. The van der Waals surface area contributed by atoms with Gasteiger partial charge < -0.3 is 10.2 Å². The maximum absolute atomic E-state index is 13.7. The molecule has 0 aromatic heterocycles. The normalized spacial score (nSPS) is 18.4. The monoisotopic (exact) mass is 299 g/mol. The second-order valence-corrected chi connectivity index (χ2v) is 5.84. The maximum Gasteiger partial charge on any atom is 0.282 e. The van der Waals surface area contributed by atoms with E-state index in [4.69, 9.17) is 11.6 Å². The number of hydrogen-bond acceptors (Lipinski definition) is 1. The van der Waals surface area contributed by atoms with E-state index in [0.717, 1.165) is 25.9 Å². The molecule has 1 atom stereocenters. The third-order valence-corrected chi connectivity index (χ3v) is 4.18. The van der Waals surface area contributed by atoms with Crippen molar-refractivity contribution < 1.29 is 14.1 Å². The maximum atomic E-state index is 13.7. The first-order chi connectivity index (χ1) is 9.58. The highest BCUT2D eigenvalue weighted by Gasteiger charge is 2.26. The fourth-order valence-corrected chi connectivity index (χ4v) is 2.79. The zero-order chi connectivity index (χ0) is 14.5. The van der Waals surface area contributed by atoms with Crippen molar-refractivity contribution in [2.24, 2.45) is 0 Å². The van der Waals surface area contributed by atoms with Crippen LogP contribution in [0.2, 0.25) is 5.02 Å². The summed E-state index contributed by atoms with van der Waals surface area (Å²) in [7, 11) is 0. The average molecular weight is 300 g/mol. The summed E-state index contributed by atoms with van der Waals surface area (Å²) in [4.78, 5) is 13.5. The number of hydrogen-bond donors (Lipinski definition) is 2. The Morgan fingerprint density at radius 3 is 2.55 bits per heavy atom. The van der Waals surface area contributed by atoms with E-state index in [1.54, 1.807) is 6.07 Å². The van der Waals surface area contributed by atoms with Crippen LogP contribution >= 0.6 is 11.6 Å². The topological polar surface area (TPSA) is 33.5 Å². The molecule has 0 spiro atoms. The van der Waals surface area contributed by atoms with Gasteiger partial charge in [-0.3, -0.25) is 4.79 Å². The van der Waals surface area contributed by atoms with E-state index >= 15 is 0 Å². The minimum Gasteiger partial charge on any atom is -0.325 e. The lowest BCUT2D eigenvalue weighted by Crippen LogP contribution is -3.16. The van der Waals surface area contributed by atoms with Crippen LogP contribution in [0.25, 0.3) is 0 Å². The van der Waals surface area contributed by atoms with Gasteiger partial charge in [-0.2, -0.15) is 0 Å². The second-order valence-electron chi connectivity index (χ2n) is 5.41. The van der Waals surface area contributed by atoms with Gasteiger partial charge in [0.05, 0.1) is 18.8 Å². The van der Waals surface area contributed by atoms with Crippen LogP contribution in [0.5, 0.6) is 0 Å². The number of amides is 1. The van der Waals surface area contributed by atoms with E-state index in [1.807, 2.05) is 6.92 Å². The zero-order valence-electron chi connectivity index (χ0n) is 11.7. The number of carbonyl (C=O) groups excluding carboxylic acids is 1. The number of anilines is 1. The summed E-state index contributed by atoms with van der Waals surface area (Å²) < 4.78 is 13.7. The summed E-state index contributed by atoms with van der Waals surface area (Å²) in [5, 5.41) is 2.99. The van der Waals surface area contributed by atoms with Crippen molar-refractivity contribution in [3.05, 3.63) is 29.0 Å². The summed E-state index contributed by atoms with van der Waals surface area (Å²) in [5.41, 5.74) is 0.195. The molecule has 1 aliphatic rings. The third-order valence-electron chi connectivity index (χ3n) is 3.94. The van der Waals surface area contributed by atoms with Crippen LogP contribution in [0.4, 0.5) is 10.1 Å². The first-order valence-corrected chi connectivity index (χ1v) is 7.56. The van der Waals surface area contributed by atoms with Gasteiger partial charge in [0.1, 0.15) is 5.82 Å². The smallest absolute Gasteiger partial charge is 0.282 e. The Morgan fingerprint density at radius 2 is 1.95 bits per heavy atom. The first-order valence-electron chi connectivity index (χ1n) is 7.18. The lowest BCUT2D eigenvalue weighted by molar-refractivity contribution is -0.913. The summed E-state index contributed by atoms with van der Waals surface area (Å²) in [5.74, 6) is -0.632. The molecule has 0 bridgehead atoms. The average Bonchev–Trinajstić information content (AvgIpc) is 2.70. The number of carbonyl (C=O) groups is 1. The van der Waals surface area contributed by atoms with Gasteiger partial charge in [-0.1, -0.05) is 11.6 Å². The Hall–Kier alpha value is -1.13. The van der Waals surface area contributed by atoms with E-state index in [0.29, 0.717) is 5.02 Å². The van der Waals surface area contributed by atoms with E-state index in [-0.39, 0.29) is 17.6 Å². The Bertz CT molecular complexity index is 473. The van der Waals surface area contributed by atoms with Crippen LogP contribution in [0.1, 0.15) is 32.6 Å². The van der Waals surface area contributed by atoms with Crippen molar-refractivity contribution in [1.82, 2.24) is 0 Å². The summed E-state index contributed by atoms with van der Waals surface area (Å²) in [6, 6.07) is 4.12. The predicted molar refractivity (Wildman–Crippen MR) is 78.7 cm³/mol. The molecule has 1 saturated heterocycles. The van der Waals surface area contributed by atoms with Gasteiger partial charge in [0, 0.05) is 5.02 Å². The minimum atomic E-state index is -0.496. The Morgan fingerprint density at radius 1 is 1.30 bits per heavy atom. The number of quaternary nitrogens is 1. The fraction of sp³-hybridized carbons (Fsp3) is 0.533. The van der Waals surface area contributed by atoms with Crippen LogP contribution < -0.4 is 10.2 Å². The molecule has 3 nitrogen and oxygen atoms in total. The van der Waals surface area contributed by atoms with Gasteiger partial charge in [0.25, 0.3) is 5.91 Å². The molecule has 1 heterocycles. The predicted octanol–water partition coefficient (Wildman–Crippen LogP) is 2.27. The molecule has 110 valence electrons. The van der Waals surface area contributed by atoms with E-state index < -0.39 is 5.82 Å². The molecule has 2 N–H and O–H groups in total. The van der Waals surface area contributed by atoms with Crippen LogP contribution in [0.3, 0.4) is 0 Å². The van der Waals surface area contributed by atoms with Gasteiger partial charge in [-0.15, -0.1) is 0 Å². The van der Waals surface area contributed by atoms with Crippen molar-refractivity contribution >= 4 is 23.2 Å². The van der Waals surface area contributed by atoms with Crippen molar-refractivity contribution in [1.29, 1.82) is 0 Å². The molecule has 1 aliphatic heterocycles. The molecule has 5 heteroatoms. The van der Waals surface area contributed by atoms with Crippen LogP contribution in [0.15, 0.2) is 18.2 Å². The lowest BCUT2D eigenvalue weighted by atomic mass is 10.2. The van der Waals surface area contributed by atoms with Crippen molar-refractivity contribution in [3.63, 3.8) is 0 Å². The third kappa shape index (κ3) is 3.93. The minimum absolute atomic E-state index is 0.136. The SMILES string of the molecule is C[C@@H](C(=O)Nc1ccc(Cl)cc1F)[NH+]1CCCCCC1. The van der Waals surface area contributed by atoms with Gasteiger partial charge in [-0.25, -0.2) is 4.39 Å². The Labute approximate surface area is 124 Å². The Balaban J connectivity index is 1.99. The lowest BCUT2D eigenvalue weighted by Gasteiger charge is -2.23. The molecule has 0 unspecified atom stereocenters. The largest absolute Gasteiger partial charge is 0.325 e. The van der Waals surface area contributed by atoms with Crippen LogP contribution in [-0.4, -0.2) is 25.0 Å². The number of halogens is 2. The summed E-state index contributed by atoms with van der Waals surface area (Å²) >= 11 is 5.70. The molecule has 0 saturated carbocycles. The second kappa shape index (κ2) is 7.04. The Kier molecular flexibility index (Phi) is 5.38. The summed E-state index contributed by atoms with van der Waals surface area (Å²) in [6.07, 6.45) is 4.79. The molecule has 0 radical (unpaired) electrons. The number of rotatable bonds is 3. The molecular weight excluding hydrogens is 279 g/mol. The number of nitrogens with one attached hydrogen (secondary N) is 2. The van der Waals surface area contributed by atoms with Gasteiger partial charge in [0.15, 0.2) is 6.04 Å². The number of likely N-dealkylation sites (tertiary alicyclic amines) is 1. The highest BCUT2D eigenvalue weighted by molar-refractivity contribution is 6.30. The quantitative estimate of drug-likeness (QED) is 0.882. The molecule has 0 aliphatic carbocycles. The standard InChI is InChI=1S/C15H20ClFN2O/c1-11(19-8-4-2-3-5-9-19)15(20)18-14-7-6-12(16)10-13(14)17/h6-7,10-11H,2-5,8-9H2,1H3,(H,18,20)/p+1/t11-/m0/s1. The molecular formula is C15H21ClFN2O+. The molecule has 1 aromatic rings. The van der Waals surface area contributed by atoms with E-state index in [2.05, 4.69) is 5.32 Å². The fourth-order valence-electron chi connectivity index (χ4n) is 2.63. The van der Waals surface area contributed by atoms with Gasteiger partial charge in [0.2, 0.25) is 0 Å². The van der Waals surface area contributed by atoms with Crippen molar-refractivity contribution in [2.75, 3.05) is 18.4 Å². The highest BCUT2D eigenvalue weighted by Crippen LogP contribution is 2.18. The van der Waals surface area contributed by atoms with Crippen molar-refractivity contribution in [2.45, 2.75) is 38.6 Å². The molecule has 1 fully saturated rings. The van der Waals surface area contributed by atoms with E-state index in [1.165, 1.54) is 29.9 Å². The molecule has 2 rings (SSSR count). The van der Waals surface area contributed by atoms with Crippen LogP contribution in [0, 0.1) is 5.82 Å². The summed E-state index contributed by atoms with van der Waals surface area (Å²) in [6.45, 7) is 3.93. The van der Waals surface area contributed by atoms with Gasteiger partial charge in [-0.05, 0) is 50.8 Å². The molecule has 1 aromatic carbocycles. The van der Waals surface area contributed by atoms with E-state index in [9.17, 15) is 9.18 Å². The number of benzene rings is 1. The van der Waals surface area contributed by atoms with Gasteiger partial charge >= 0.3 is 0 Å².